The number of nitrogens with one attached hydrogen (secondary N) is 3. The van der Waals surface area contributed by atoms with Crippen LogP contribution in [0.2, 0.25) is 0 Å². The first-order valence-corrected chi connectivity index (χ1v) is 8.96. The Labute approximate surface area is 161 Å². The number of β-lactam (4-membered cyclic amide) rings is 1. The predicted octanol–water partition coefficient (Wildman–Crippen LogP) is -0.204. The fraction of sp³-hybridized carbons (Fsp3) is 0.444. The maximum atomic E-state index is 12.5. The van der Waals surface area contributed by atoms with Crippen molar-refractivity contribution in [2.45, 2.75) is 44.7 Å². The molecule has 1 aromatic carbocycles. The maximum Gasteiger partial charge on any atom is 0.422 e. The van der Waals surface area contributed by atoms with Crippen molar-refractivity contribution in [3.05, 3.63) is 35.9 Å². The number of carbonyl (C=O) groups excluding carboxylic acids is 4. The molecule has 3 N–H and O–H groups in total. The zero-order chi connectivity index (χ0) is 20.1. The van der Waals surface area contributed by atoms with Crippen LogP contribution < -0.4 is 16.1 Å². The van der Waals surface area contributed by atoms with Gasteiger partial charge in [0.15, 0.2) is 6.04 Å². The second-order valence-corrected chi connectivity index (χ2v) is 6.55. The minimum Gasteiger partial charge on any atom is -0.444 e. The first-order chi connectivity index (χ1) is 13.4. The summed E-state index contributed by atoms with van der Waals surface area (Å²) >= 11 is 0. The Morgan fingerprint density at radius 3 is 2.68 bits per heavy atom. The van der Waals surface area contributed by atoms with Crippen LogP contribution in [0.15, 0.2) is 30.3 Å². The van der Waals surface area contributed by atoms with Gasteiger partial charge in [0.05, 0.1) is 0 Å². The Balaban J connectivity index is 1.49. The number of hydrazine groups is 1. The average Bonchev–Trinajstić information content (AvgIpc) is 3.12. The fourth-order valence-electron chi connectivity index (χ4n) is 3.07. The van der Waals surface area contributed by atoms with Gasteiger partial charge in [0.25, 0.3) is 5.91 Å². The second-order valence-electron chi connectivity index (χ2n) is 6.55. The topological polar surface area (TPSA) is 126 Å². The first-order valence-electron chi connectivity index (χ1n) is 8.96. The summed E-state index contributed by atoms with van der Waals surface area (Å²) in [5.41, 5.74) is 3.42. The molecule has 2 aliphatic heterocycles. The summed E-state index contributed by atoms with van der Waals surface area (Å²) in [5.74, 6) is -1.42. The van der Waals surface area contributed by atoms with Crippen molar-refractivity contribution in [3.8, 4) is 0 Å². The lowest BCUT2D eigenvalue weighted by atomic mass is 10.1. The minimum absolute atomic E-state index is 0.115. The standard InChI is InChI=1S/C18H22N4O6/c1-11(23)28-17-14(16(25)20-17)19-15(24)13-8-5-9-22(13)21-18(26)27-10-12-6-3-2-4-7-12/h2-4,6-7,13-14,17H,5,8-10H2,1H3,(H,19,24)(H,20,25)(H,21,26)/t13?,14-,17+/m1/s1. The lowest BCUT2D eigenvalue weighted by molar-refractivity contribution is -0.164. The summed E-state index contributed by atoms with van der Waals surface area (Å²) in [6.07, 6.45) is -0.339. The van der Waals surface area contributed by atoms with E-state index in [-0.39, 0.29) is 6.61 Å². The van der Waals surface area contributed by atoms with Crippen LogP contribution in [0.1, 0.15) is 25.3 Å². The van der Waals surface area contributed by atoms with Gasteiger partial charge in [-0.1, -0.05) is 30.3 Å². The van der Waals surface area contributed by atoms with Crippen LogP contribution in [0, 0.1) is 0 Å². The van der Waals surface area contributed by atoms with Crippen LogP contribution in [0.3, 0.4) is 0 Å². The molecule has 3 atom stereocenters. The number of hydrogen-bond donors (Lipinski definition) is 3. The van der Waals surface area contributed by atoms with Crippen LogP contribution in [0.5, 0.6) is 0 Å². The van der Waals surface area contributed by atoms with Crippen molar-refractivity contribution >= 4 is 23.9 Å². The molecule has 0 bridgehead atoms. The summed E-state index contributed by atoms with van der Waals surface area (Å²) in [4.78, 5) is 47.2. The number of amides is 3. The van der Waals surface area contributed by atoms with Gasteiger partial charge in [-0.05, 0) is 18.4 Å². The van der Waals surface area contributed by atoms with Crippen LogP contribution in [0.4, 0.5) is 4.79 Å². The Hall–Kier alpha value is -3.14. The molecule has 1 unspecified atom stereocenters. The summed E-state index contributed by atoms with van der Waals surface area (Å²) in [5, 5.41) is 6.44. The van der Waals surface area contributed by atoms with E-state index in [9.17, 15) is 19.2 Å². The van der Waals surface area contributed by atoms with Crippen molar-refractivity contribution in [2.24, 2.45) is 0 Å². The molecule has 0 saturated carbocycles. The highest BCUT2D eigenvalue weighted by molar-refractivity contribution is 5.94. The predicted molar refractivity (Wildman–Crippen MR) is 95.1 cm³/mol. The van der Waals surface area contributed by atoms with E-state index in [0.29, 0.717) is 19.4 Å². The molecule has 28 heavy (non-hydrogen) atoms. The molecule has 0 aromatic heterocycles. The Kier molecular flexibility index (Phi) is 6.09. The molecular weight excluding hydrogens is 368 g/mol. The van der Waals surface area contributed by atoms with Gasteiger partial charge in [-0.2, -0.15) is 0 Å². The van der Waals surface area contributed by atoms with E-state index >= 15 is 0 Å². The van der Waals surface area contributed by atoms with Gasteiger partial charge < -0.3 is 20.1 Å². The van der Waals surface area contributed by atoms with Crippen molar-refractivity contribution < 1.29 is 28.7 Å². The van der Waals surface area contributed by atoms with E-state index in [4.69, 9.17) is 9.47 Å². The van der Waals surface area contributed by atoms with E-state index in [1.807, 2.05) is 30.3 Å². The molecule has 2 saturated heterocycles. The number of nitrogens with zero attached hydrogens (tertiary/aromatic N) is 1. The quantitative estimate of drug-likeness (QED) is 0.453. The number of esters is 1. The highest BCUT2D eigenvalue weighted by Gasteiger charge is 2.45. The van der Waals surface area contributed by atoms with Crippen LogP contribution >= 0.6 is 0 Å². The molecule has 0 spiro atoms. The van der Waals surface area contributed by atoms with E-state index in [0.717, 1.165) is 5.56 Å². The van der Waals surface area contributed by atoms with Crippen molar-refractivity contribution in [1.82, 2.24) is 21.1 Å². The molecule has 150 valence electrons. The Morgan fingerprint density at radius 1 is 1.25 bits per heavy atom. The normalized spacial score (nSPS) is 23.9. The molecular formula is C18H22N4O6. The van der Waals surface area contributed by atoms with Crippen molar-refractivity contribution in [1.29, 1.82) is 0 Å². The maximum absolute atomic E-state index is 12.5. The van der Waals surface area contributed by atoms with Gasteiger partial charge in [-0.25, -0.2) is 9.80 Å². The zero-order valence-electron chi connectivity index (χ0n) is 15.3. The second kappa shape index (κ2) is 8.70. The van der Waals surface area contributed by atoms with Gasteiger partial charge in [-0.3, -0.25) is 19.8 Å². The molecule has 3 rings (SSSR count). The fourth-order valence-corrected chi connectivity index (χ4v) is 3.07. The minimum atomic E-state index is -0.941. The van der Waals surface area contributed by atoms with Crippen LogP contribution in [0.25, 0.3) is 0 Å². The highest BCUT2D eigenvalue weighted by atomic mass is 16.6. The summed E-state index contributed by atoms with van der Waals surface area (Å²) in [6.45, 7) is 1.81. The molecule has 10 heteroatoms. The highest BCUT2D eigenvalue weighted by Crippen LogP contribution is 2.17. The number of carbonyl (C=O) groups is 4. The number of rotatable bonds is 6. The largest absolute Gasteiger partial charge is 0.444 e. The molecule has 2 heterocycles. The first kappa shape index (κ1) is 19.6. The zero-order valence-corrected chi connectivity index (χ0v) is 15.3. The third-order valence-electron chi connectivity index (χ3n) is 4.46. The average molecular weight is 390 g/mol. The molecule has 2 fully saturated rings. The van der Waals surface area contributed by atoms with Gasteiger partial charge in [0.2, 0.25) is 12.1 Å². The smallest absolute Gasteiger partial charge is 0.422 e. The van der Waals surface area contributed by atoms with E-state index in [1.54, 1.807) is 0 Å². The lowest BCUT2D eigenvalue weighted by Gasteiger charge is -2.36. The van der Waals surface area contributed by atoms with E-state index in [2.05, 4.69) is 16.1 Å². The summed E-state index contributed by atoms with van der Waals surface area (Å²) < 4.78 is 10.1. The van der Waals surface area contributed by atoms with Crippen LogP contribution in [-0.4, -0.2) is 53.7 Å². The summed E-state index contributed by atoms with van der Waals surface area (Å²) in [7, 11) is 0. The lowest BCUT2D eigenvalue weighted by Crippen LogP contribution is -2.71. The summed E-state index contributed by atoms with van der Waals surface area (Å²) in [6, 6.07) is 7.64. The number of ether oxygens (including phenoxy) is 2. The third-order valence-corrected chi connectivity index (χ3v) is 4.46. The van der Waals surface area contributed by atoms with E-state index in [1.165, 1.54) is 11.9 Å². The SMILES string of the molecule is CC(=O)O[C@@H]1NC(=O)[C@H]1NC(=O)C1CCCN1NC(=O)OCc1ccccc1. The van der Waals surface area contributed by atoms with Crippen LogP contribution in [-0.2, 0) is 30.5 Å². The number of hydrogen-bond acceptors (Lipinski definition) is 7. The molecule has 1 aromatic rings. The van der Waals surface area contributed by atoms with Gasteiger partial charge in [-0.15, -0.1) is 0 Å². The number of benzene rings is 1. The van der Waals surface area contributed by atoms with Crippen molar-refractivity contribution in [3.63, 3.8) is 0 Å². The third kappa shape index (κ3) is 4.77. The Bertz CT molecular complexity index is 756. The molecule has 0 aliphatic carbocycles. The van der Waals surface area contributed by atoms with E-state index < -0.39 is 42.2 Å². The van der Waals surface area contributed by atoms with Gasteiger partial charge in [0, 0.05) is 13.5 Å². The van der Waals surface area contributed by atoms with Gasteiger partial charge >= 0.3 is 12.1 Å². The molecule has 10 nitrogen and oxygen atoms in total. The monoisotopic (exact) mass is 390 g/mol. The molecule has 3 amide bonds. The Morgan fingerprint density at radius 2 is 2.00 bits per heavy atom. The molecule has 0 radical (unpaired) electrons. The molecule has 2 aliphatic rings. The van der Waals surface area contributed by atoms with Gasteiger partial charge in [0.1, 0.15) is 12.6 Å². The van der Waals surface area contributed by atoms with Crippen molar-refractivity contribution in [2.75, 3.05) is 6.54 Å².